The molecule has 90 valence electrons. The normalized spacial score (nSPS) is 11.5. The zero-order chi connectivity index (χ0) is 12.8. The third-order valence-corrected chi connectivity index (χ3v) is 3.39. The van der Waals surface area contributed by atoms with Gasteiger partial charge in [0.05, 0.1) is 4.88 Å². The first-order valence-corrected chi connectivity index (χ1v) is 5.96. The van der Waals surface area contributed by atoms with Crippen molar-refractivity contribution in [3.05, 3.63) is 21.9 Å². The fourth-order valence-electron chi connectivity index (χ4n) is 1.24. The maximum Gasteiger partial charge on any atom is 0.327 e. The summed E-state index contributed by atoms with van der Waals surface area (Å²) in [6.07, 6.45) is 5.88. The van der Waals surface area contributed by atoms with Crippen molar-refractivity contribution in [2.24, 2.45) is 0 Å². The number of nitrogens with one attached hydrogen (secondary N) is 1. The monoisotopic (exact) mass is 251 g/mol. The number of carbonyl (C=O) groups is 2. The van der Waals surface area contributed by atoms with Crippen molar-refractivity contribution >= 4 is 23.2 Å². The van der Waals surface area contributed by atoms with E-state index in [0.717, 1.165) is 11.3 Å². The summed E-state index contributed by atoms with van der Waals surface area (Å²) in [5.74, 6) is 0.717. The standard InChI is InChI=1S/C12H13NO3S/c1-3-5-9(12(15)16)13-11(14)10-7-6-8(4-2)17-10/h1,6-7,9H,4-5H2,2H3,(H,13,14)(H,15,16). The molecule has 0 aromatic carbocycles. The van der Waals surface area contributed by atoms with Crippen LogP contribution in [0.3, 0.4) is 0 Å². The zero-order valence-electron chi connectivity index (χ0n) is 9.40. The van der Waals surface area contributed by atoms with E-state index in [1.807, 2.05) is 13.0 Å². The van der Waals surface area contributed by atoms with Gasteiger partial charge in [0.1, 0.15) is 6.04 Å². The lowest BCUT2D eigenvalue weighted by atomic mass is 10.2. The van der Waals surface area contributed by atoms with Gasteiger partial charge in [-0.1, -0.05) is 6.92 Å². The van der Waals surface area contributed by atoms with Crippen LogP contribution in [0.1, 0.15) is 27.9 Å². The number of hydrogen-bond donors (Lipinski definition) is 2. The van der Waals surface area contributed by atoms with Crippen LogP contribution in [0.15, 0.2) is 12.1 Å². The van der Waals surface area contributed by atoms with Gasteiger partial charge in [-0.3, -0.25) is 4.79 Å². The topological polar surface area (TPSA) is 66.4 Å². The molecule has 2 N–H and O–H groups in total. The highest BCUT2D eigenvalue weighted by atomic mass is 32.1. The van der Waals surface area contributed by atoms with Crippen LogP contribution >= 0.6 is 11.3 Å². The van der Waals surface area contributed by atoms with E-state index in [1.165, 1.54) is 11.3 Å². The first-order valence-electron chi connectivity index (χ1n) is 5.14. The molecular formula is C12H13NO3S. The number of thiophene rings is 1. The van der Waals surface area contributed by atoms with Crippen LogP contribution in [0.5, 0.6) is 0 Å². The molecular weight excluding hydrogens is 238 g/mol. The molecule has 1 unspecified atom stereocenters. The van der Waals surface area contributed by atoms with Crippen LogP contribution in [0, 0.1) is 12.3 Å². The number of carboxylic acid groups (broad SMARTS) is 1. The minimum atomic E-state index is -1.12. The molecule has 0 saturated carbocycles. The van der Waals surface area contributed by atoms with Crippen LogP contribution in [-0.4, -0.2) is 23.0 Å². The number of carbonyl (C=O) groups excluding carboxylic acids is 1. The summed E-state index contributed by atoms with van der Waals surface area (Å²) in [6, 6.07) is 2.52. The Kier molecular flexibility index (Phi) is 4.73. The highest BCUT2D eigenvalue weighted by Crippen LogP contribution is 2.16. The lowest BCUT2D eigenvalue weighted by Crippen LogP contribution is -2.40. The van der Waals surface area contributed by atoms with E-state index in [4.69, 9.17) is 11.5 Å². The molecule has 1 amide bonds. The van der Waals surface area contributed by atoms with Crippen molar-refractivity contribution in [3.8, 4) is 12.3 Å². The maximum atomic E-state index is 11.7. The van der Waals surface area contributed by atoms with Gasteiger partial charge in [-0.25, -0.2) is 4.79 Å². The van der Waals surface area contributed by atoms with Crippen molar-refractivity contribution in [1.82, 2.24) is 5.32 Å². The van der Waals surface area contributed by atoms with Gasteiger partial charge in [-0.05, 0) is 18.6 Å². The molecule has 1 atom stereocenters. The van der Waals surface area contributed by atoms with Crippen molar-refractivity contribution in [2.45, 2.75) is 25.8 Å². The van der Waals surface area contributed by atoms with E-state index >= 15 is 0 Å². The van der Waals surface area contributed by atoms with Crippen molar-refractivity contribution < 1.29 is 14.7 Å². The van der Waals surface area contributed by atoms with Gasteiger partial charge < -0.3 is 10.4 Å². The molecule has 0 saturated heterocycles. The number of hydrogen-bond acceptors (Lipinski definition) is 3. The van der Waals surface area contributed by atoms with E-state index in [9.17, 15) is 9.59 Å². The second-order valence-electron chi connectivity index (χ2n) is 3.39. The molecule has 0 aliphatic rings. The summed E-state index contributed by atoms with van der Waals surface area (Å²) in [5.41, 5.74) is 0. The Morgan fingerprint density at radius 2 is 2.29 bits per heavy atom. The van der Waals surface area contributed by atoms with Gasteiger partial charge in [-0.2, -0.15) is 0 Å². The molecule has 1 heterocycles. The van der Waals surface area contributed by atoms with E-state index in [0.29, 0.717) is 4.88 Å². The van der Waals surface area contributed by atoms with E-state index in [1.54, 1.807) is 6.07 Å². The second-order valence-corrected chi connectivity index (χ2v) is 4.56. The lowest BCUT2D eigenvalue weighted by Gasteiger charge is -2.10. The smallest absolute Gasteiger partial charge is 0.327 e. The Labute approximate surface area is 104 Å². The van der Waals surface area contributed by atoms with Gasteiger partial charge in [0.15, 0.2) is 0 Å². The third-order valence-electron chi connectivity index (χ3n) is 2.16. The van der Waals surface area contributed by atoms with Gasteiger partial charge in [0.2, 0.25) is 0 Å². The van der Waals surface area contributed by atoms with E-state index in [-0.39, 0.29) is 6.42 Å². The Balaban J connectivity index is 2.70. The Morgan fingerprint density at radius 1 is 1.59 bits per heavy atom. The minimum absolute atomic E-state index is 0.0208. The fourth-order valence-corrected chi connectivity index (χ4v) is 2.09. The summed E-state index contributed by atoms with van der Waals surface area (Å²) >= 11 is 1.36. The summed E-state index contributed by atoms with van der Waals surface area (Å²) in [5, 5.41) is 11.2. The minimum Gasteiger partial charge on any atom is -0.480 e. The van der Waals surface area contributed by atoms with E-state index < -0.39 is 17.9 Å². The van der Waals surface area contributed by atoms with Crippen LogP contribution < -0.4 is 5.32 Å². The molecule has 17 heavy (non-hydrogen) atoms. The number of aliphatic carboxylic acids is 1. The SMILES string of the molecule is C#CCC(NC(=O)c1ccc(CC)s1)C(=O)O. The number of terminal acetylenes is 1. The summed E-state index contributed by atoms with van der Waals surface area (Å²) < 4.78 is 0. The predicted molar refractivity (Wildman–Crippen MR) is 66.0 cm³/mol. The molecule has 0 spiro atoms. The predicted octanol–water partition coefficient (Wildman–Crippen LogP) is 1.52. The molecule has 0 radical (unpaired) electrons. The summed E-state index contributed by atoms with van der Waals surface area (Å²) in [7, 11) is 0. The maximum absolute atomic E-state index is 11.7. The highest BCUT2D eigenvalue weighted by Gasteiger charge is 2.20. The second kappa shape index (κ2) is 6.06. The van der Waals surface area contributed by atoms with Gasteiger partial charge >= 0.3 is 5.97 Å². The van der Waals surface area contributed by atoms with Crippen LogP contribution in [0.4, 0.5) is 0 Å². The molecule has 4 nitrogen and oxygen atoms in total. The molecule has 0 bridgehead atoms. The van der Waals surface area contributed by atoms with Crippen LogP contribution in [0.2, 0.25) is 0 Å². The molecule has 0 fully saturated rings. The fraction of sp³-hybridized carbons (Fsp3) is 0.333. The van der Waals surface area contributed by atoms with Crippen molar-refractivity contribution in [3.63, 3.8) is 0 Å². The number of rotatable bonds is 5. The molecule has 1 aromatic heterocycles. The molecule has 1 rings (SSSR count). The molecule has 5 heteroatoms. The Morgan fingerprint density at radius 3 is 2.76 bits per heavy atom. The van der Waals surface area contributed by atoms with E-state index in [2.05, 4.69) is 11.2 Å². The summed E-state index contributed by atoms with van der Waals surface area (Å²) in [6.45, 7) is 1.99. The average molecular weight is 251 g/mol. The van der Waals surface area contributed by atoms with Crippen LogP contribution in [0.25, 0.3) is 0 Å². The Bertz CT molecular complexity index is 459. The van der Waals surface area contributed by atoms with Gasteiger partial charge in [0, 0.05) is 11.3 Å². The number of aryl methyl sites for hydroxylation is 1. The van der Waals surface area contributed by atoms with Gasteiger partial charge in [-0.15, -0.1) is 23.7 Å². The quantitative estimate of drug-likeness (QED) is 0.780. The highest BCUT2D eigenvalue weighted by molar-refractivity contribution is 7.14. The third kappa shape index (κ3) is 3.61. The van der Waals surface area contributed by atoms with Crippen LogP contribution in [-0.2, 0) is 11.2 Å². The average Bonchev–Trinajstić information content (AvgIpc) is 2.76. The summed E-state index contributed by atoms with van der Waals surface area (Å²) in [4.78, 5) is 24.1. The molecule has 1 aromatic rings. The number of carboxylic acids is 1. The number of amides is 1. The first kappa shape index (κ1) is 13.3. The van der Waals surface area contributed by atoms with Gasteiger partial charge in [0.25, 0.3) is 5.91 Å². The molecule has 0 aliphatic heterocycles. The lowest BCUT2D eigenvalue weighted by molar-refractivity contribution is -0.139. The zero-order valence-corrected chi connectivity index (χ0v) is 10.2. The first-order chi connectivity index (χ1) is 8.08. The van der Waals surface area contributed by atoms with Crippen molar-refractivity contribution in [2.75, 3.05) is 0 Å². The Hall–Kier alpha value is -1.80. The largest absolute Gasteiger partial charge is 0.480 e. The molecule has 0 aliphatic carbocycles. The van der Waals surface area contributed by atoms with Crippen molar-refractivity contribution in [1.29, 1.82) is 0 Å².